The monoisotopic (exact) mass is 220 g/mol. The van der Waals surface area contributed by atoms with Crippen LogP contribution in [-0.4, -0.2) is 24.3 Å². The molecule has 0 amide bonds. The second-order valence-corrected chi connectivity index (χ2v) is 3.84. The van der Waals surface area contributed by atoms with Crippen LogP contribution < -0.4 is 11.5 Å². The minimum Gasteiger partial charge on any atom is -0.386 e. The van der Waals surface area contributed by atoms with Crippen molar-refractivity contribution in [2.75, 3.05) is 6.67 Å². The lowest BCUT2D eigenvalue weighted by atomic mass is 9.91. The summed E-state index contributed by atoms with van der Waals surface area (Å²) in [6.45, 7) is 0.328. The zero-order valence-electron chi connectivity index (χ0n) is 8.73. The fourth-order valence-electron chi connectivity index (χ4n) is 1.61. The van der Waals surface area contributed by atoms with Crippen molar-refractivity contribution in [3.05, 3.63) is 35.6 Å². The quantitative estimate of drug-likeness (QED) is 0.759. The molecule has 0 radical (unpaired) electrons. The van der Waals surface area contributed by atoms with Crippen molar-refractivity contribution in [2.24, 2.45) is 21.5 Å². The topological polar surface area (TPSA) is 76.8 Å². The van der Waals surface area contributed by atoms with E-state index < -0.39 is 5.54 Å². The maximum Gasteiger partial charge on any atom is 0.131 e. The lowest BCUT2D eigenvalue weighted by Gasteiger charge is -2.26. The Morgan fingerprint density at radius 3 is 2.62 bits per heavy atom. The Morgan fingerprint density at radius 2 is 2.00 bits per heavy atom. The third kappa shape index (κ3) is 2.09. The van der Waals surface area contributed by atoms with Gasteiger partial charge in [-0.3, -0.25) is 4.99 Å². The molecule has 1 aromatic rings. The predicted molar refractivity (Wildman–Crippen MR) is 62.0 cm³/mol. The fourth-order valence-corrected chi connectivity index (χ4v) is 1.61. The van der Waals surface area contributed by atoms with Crippen LogP contribution in [0.3, 0.4) is 0 Å². The van der Waals surface area contributed by atoms with Crippen LogP contribution in [0.2, 0.25) is 0 Å². The highest BCUT2D eigenvalue weighted by Gasteiger charge is 2.29. The summed E-state index contributed by atoms with van der Waals surface area (Å²) in [6, 6.07) is 6.15. The van der Waals surface area contributed by atoms with E-state index in [4.69, 9.17) is 11.5 Å². The largest absolute Gasteiger partial charge is 0.386 e. The van der Waals surface area contributed by atoms with Crippen molar-refractivity contribution in [3.8, 4) is 0 Å². The van der Waals surface area contributed by atoms with E-state index in [1.165, 1.54) is 12.1 Å². The van der Waals surface area contributed by atoms with Crippen molar-refractivity contribution < 1.29 is 4.39 Å². The number of hydrogen-bond donors (Lipinski definition) is 2. The van der Waals surface area contributed by atoms with Crippen molar-refractivity contribution in [2.45, 2.75) is 12.0 Å². The zero-order valence-corrected chi connectivity index (χ0v) is 8.73. The number of hydrogen-bond acceptors (Lipinski definition) is 4. The third-order valence-electron chi connectivity index (χ3n) is 2.53. The number of nitrogens with two attached hydrogens (primary N) is 2. The van der Waals surface area contributed by atoms with Crippen molar-refractivity contribution in [1.29, 1.82) is 0 Å². The van der Waals surface area contributed by atoms with Gasteiger partial charge in [0.15, 0.2) is 0 Å². The molecular formula is C11H13FN4. The van der Waals surface area contributed by atoms with E-state index in [1.54, 1.807) is 18.3 Å². The Labute approximate surface area is 92.9 Å². The van der Waals surface area contributed by atoms with Gasteiger partial charge in [0.25, 0.3) is 0 Å². The first kappa shape index (κ1) is 10.8. The summed E-state index contributed by atoms with van der Waals surface area (Å²) in [4.78, 5) is 8.00. The van der Waals surface area contributed by atoms with E-state index in [-0.39, 0.29) is 5.82 Å². The molecule has 1 aliphatic rings. The Kier molecular flexibility index (Phi) is 2.70. The number of amidine groups is 1. The lowest BCUT2D eigenvalue weighted by molar-refractivity contribution is 0.625. The van der Waals surface area contributed by atoms with E-state index in [2.05, 4.69) is 9.98 Å². The van der Waals surface area contributed by atoms with Crippen molar-refractivity contribution in [1.82, 2.24) is 0 Å². The van der Waals surface area contributed by atoms with Crippen LogP contribution in [0.25, 0.3) is 0 Å². The second kappa shape index (κ2) is 4.02. The molecule has 0 aromatic heterocycles. The van der Waals surface area contributed by atoms with Gasteiger partial charge in [0.2, 0.25) is 0 Å². The number of benzene rings is 1. The summed E-state index contributed by atoms with van der Waals surface area (Å²) in [5.74, 6) is 0.0978. The summed E-state index contributed by atoms with van der Waals surface area (Å²) in [7, 11) is 0. The number of nitrogens with zero attached hydrogens (tertiary/aromatic N) is 2. The van der Waals surface area contributed by atoms with Crippen LogP contribution in [0.5, 0.6) is 0 Å². The molecule has 1 aromatic carbocycles. The minimum atomic E-state index is -0.851. The molecule has 0 saturated heterocycles. The van der Waals surface area contributed by atoms with Crippen molar-refractivity contribution >= 4 is 12.1 Å². The Hall–Kier alpha value is -1.75. The maximum atomic E-state index is 12.7. The van der Waals surface area contributed by atoms with Crippen LogP contribution in [0.4, 0.5) is 4.39 Å². The summed E-state index contributed by atoms with van der Waals surface area (Å²) in [6.07, 6.45) is 2.07. The molecule has 0 saturated carbocycles. The highest BCUT2D eigenvalue weighted by atomic mass is 19.1. The molecule has 0 spiro atoms. The van der Waals surface area contributed by atoms with Crippen LogP contribution in [0.15, 0.2) is 34.3 Å². The standard InChI is InChI=1S/C11H13FN4/c12-9-3-1-8(2-4-9)5-11(14)6-15-7-16-10(11)13/h1-4,6H,5,7,14H2,(H2,13,16). The van der Waals surface area contributed by atoms with Crippen LogP contribution >= 0.6 is 0 Å². The highest BCUT2D eigenvalue weighted by molar-refractivity contribution is 6.06. The third-order valence-corrected chi connectivity index (χ3v) is 2.53. The van der Waals surface area contributed by atoms with Gasteiger partial charge in [-0.2, -0.15) is 0 Å². The van der Waals surface area contributed by atoms with Gasteiger partial charge in [0.05, 0.1) is 0 Å². The van der Waals surface area contributed by atoms with E-state index in [0.29, 0.717) is 18.9 Å². The van der Waals surface area contributed by atoms with Gasteiger partial charge in [-0.1, -0.05) is 12.1 Å². The maximum absolute atomic E-state index is 12.7. The second-order valence-electron chi connectivity index (χ2n) is 3.84. The molecule has 1 aliphatic heterocycles. The molecule has 4 N–H and O–H groups in total. The van der Waals surface area contributed by atoms with Gasteiger partial charge in [0, 0.05) is 12.6 Å². The molecule has 0 bridgehead atoms. The zero-order chi connectivity index (χ0) is 11.6. The summed E-state index contributed by atoms with van der Waals surface area (Å²) >= 11 is 0. The average molecular weight is 220 g/mol. The molecule has 84 valence electrons. The molecule has 0 aliphatic carbocycles. The van der Waals surface area contributed by atoms with Crippen LogP contribution in [0.1, 0.15) is 5.56 Å². The number of halogens is 1. The van der Waals surface area contributed by atoms with E-state index in [1.807, 2.05) is 0 Å². The summed E-state index contributed by atoms with van der Waals surface area (Å²) in [5.41, 5.74) is 11.9. The predicted octanol–water partition coefficient (Wildman–Crippen LogP) is 0.465. The van der Waals surface area contributed by atoms with E-state index in [9.17, 15) is 4.39 Å². The average Bonchev–Trinajstić information content (AvgIpc) is 2.26. The molecule has 16 heavy (non-hydrogen) atoms. The first-order valence-corrected chi connectivity index (χ1v) is 4.95. The number of rotatable bonds is 2. The first-order valence-electron chi connectivity index (χ1n) is 4.95. The van der Waals surface area contributed by atoms with Gasteiger partial charge in [-0.15, -0.1) is 0 Å². The first-order chi connectivity index (χ1) is 7.60. The fraction of sp³-hybridized carbons (Fsp3) is 0.273. The van der Waals surface area contributed by atoms with Gasteiger partial charge < -0.3 is 11.5 Å². The van der Waals surface area contributed by atoms with Crippen molar-refractivity contribution in [3.63, 3.8) is 0 Å². The summed E-state index contributed by atoms with van der Waals surface area (Å²) in [5, 5.41) is 0. The Morgan fingerprint density at radius 1 is 1.31 bits per heavy atom. The normalized spacial score (nSPS) is 24.2. The van der Waals surface area contributed by atoms with Crippen LogP contribution in [0, 0.1) is 5.82 Å². The number of aliphatic imine (C=N–C) groups is 2. The smallest absolute Gasteiger partial charge is 0.131 e. The molecule has 1 unspecified atom stereocenters. The van der Waals surface area contributed by atoms with E-state index in [0.717, 1.165) is 5.56 Å². The highest BCUT2D eigenvalue weighted by Crippen LogP contribution is 2.13. The lowest BCUT2D eigenvalue weighted by Crippen LogP contribution is -2.56. The molecule has 2 rings (SSSR count). The van der Waals surface area contributed by atoms with Gasteiger partial charge in [0.1, 0.15) is 23.9 Å². The Balaban J connectivity index is 2.20. The molecule has 5 heteroatoms. The minimum absolute atomic E-state index is 0.270. The van der Waals surface area contributed by atoms with Gasteiger partial charge >= 0.3 is 0 Å². The van der Waals surface area contributed by atoms with Gasteiger partial charge in [-0.25, -0.2) is 9.38 Å². The SMILES string of the molecule is NC1=NCN=CC1(N)Cc1ccc(F)cc1. The summed E-state index contributed by atoms with van der Waals surface area (Å²) < 4.78 is 12.7. The van der Waals surface area contributed by atoms with Gasteiger partial charge in [-0.05, 0) is 17.7 Å². The van der Waals surface area contributed by atoms with Crippen LogP contribution in [-0.2, 0) is 6.42 Å². The molecular weight excluding hydrogens is 207 g/mol. The molecule has 0 fully saturated rings. The van der Waals surface area contributed by atoms with E-state index >= 15 is 0 Å². The molecule has 4 nitrogen and oxygen atoms in total. The molecule has 1 atom stereocenters. The Bertz CT molecular complexity index is 438. The molecule has 1 heterocycles.